The van der Waals surface area contributed by atoms with Gasteiger partial charge in [0.25, 0.3) is 5.91 Å². The summed E-state index contributed by atoms with van der Waals surface area (Å²) in [6.45, 7) is 0.247. The van der Waals surface area contributed by atoms with Crippen molar-refractivity contribution in [1.29, 1.82) is 0 Å². The zero-order valence-electron chi connectivity index (χ0n) is 14.3. The molecular weight excluding hydrogens is 414 g/mol. The molecule has 3 N–H and O–H groups in total. The summed E-state index contributed by atoms with van der Waals surface area (Å²) in [5, 5.41) is 25.9. The van der Waals surface area contributed by atoms with Crippen molar-refractivity contribution in [1.82, 2.24) is 15.1 Å². The summed E-state index contributed by atoms with van der Waals surface area (Å²) >= 11 is 3.27. The van der Waals surface area contributed by atoms with Gasteiger partial charge in [-0.05, 0) is 35.9 Å². The molecule has 1 heterocycles. The van der Waals surface area contributed by atoms with Crippen molar-refractivity contribution >= 4 is 27.8 Å². The summed E-state index contributed by atoms with van der Waals surface area (Å²) in [4.78, 5) is 23.5. The SMILES string of the molecule is Cn1nc(-c2cccc(CNC(=O)c3cc(Br)ccc3O)c2)cc1C(=O)O. The van der Waals surface area contributed by atoms with Crippen LogP contribution in [0.4, 0.5) is 0 Å². The number of carbonyl (C=O) groups is 2. The lowest BCUT2D eigenvalue weighted by Crippen LogP contribution is -2.22. The first-order valence-corrected chi connectivity index (χ1v) is 8.78. The third kappa shape index (κ3) is 4.17. The molecule has 3 rings (SSSR count). The largest absolute Gasteiger partial charge is 0.507 e. The van der Waals surface area contributed by atoms with E-state index in [9.17, 15) is 14.7 Å². The maximum Gasteiger partial charge on any atom is 0.354 e. The zero-order valence-corrected chi connectivity index (χ0v) is 15.9. The molecular formula is C19H16BrN3O4. The Morgan fingerprint density at radius 1 is 1.19 bits per heavy atom. The number of nitrogens with one attached hydrogen (secondary N) is 1. The number of carboxylic acids is 1. The van der Waals surface area contributed by atoms with Crippen molar-refractivity contribution in [2.75, 3.05) is 0 Å². The third-order valence-corrected chi connectivity index (χ3v) is 4.47. The van der Waals surface area contributed by atoms with E-state index in [-0.39, 0.29) is 23.6 Å². The van der Waals surface area contributed by atoms with Gasteiger partial charge in [-0.1, -0.05) is 34.1 Å². The zero-order chi connectivity index (χ0) is 19.6. The number of rotatable bonds is 5. The monoisotopic (exact) mass is 429 g/mol. The number of halogens is 1. The molecule has 2 aromatic carbocycles. The lowest BCUT2D eigenvalue weighted by Gasteiger charge is -2.08. The Morgan fingerprint density at radius 3 is 2.67 bits per heavy atom. The van der Waals surface area contributed by atoms with E-state index in [1.165, 1.54) is 16.8 Å². The Hall–Kier alpha value is -3.13. The molecule has 0 radical (unpaired) electrons. The van der Waals surface area contributed by atoms with Gasteiger partial charge in [0.2, 0.25) is 0 Å². The van der Waals surface area contributed by atoms with Crippen molar-refractivity contribution in [2.45, 2.75) is 6.54 Å². The van der Waals surface area contributed by atoms with Gasteiger partial charge in [-0.2, -0.15) is 5.10 Å². The molecule has 27 heavy (non-hydrogen) atoms. The molecule has 0 aliphatic carbocycles. The van der Waals surface area contributed by atoms with Crippen molar-refractivity contribution in [3.05, 3.63) is 69.8 Å². The standard InChI is InChI=1S/C19H16BrN3O4/c1-23-16(19(26)27)9-15(22-23)12-4-2-3-11(7-12)10-21-18(25)14-8-13(20)5-6-17(14)24/h2-9,24H,10H2,1H3,(H,21,25)(H,26,27). The van der Waals surface area contributed by atoms with Crippen LogP contribution in [-0.4, -0.2) is 31.9 Å². The molecule has 0 bridgehead atoms. The summed E-state index contributed by atoms with van der Waals surface area (Å²) in [5.41, 5.74) is 2.37. The van der Waals surface area contributed by atoms with Crippen LogP contribution in [0.3, 0.4) is 0 Å². The second-order valence-electron chi connectivity index (χ2n) is 5.89. The highest BCUT2D eigenvalue weighted by atomic mass is 79.9. The number of aromatic carboxylic acids is 1. The predicted octanol–water partition coefficient (Wildman–Crippen LogP) is 3.18. The number of phenolic OH excluding ortho intramolecular Hbond substituents is 1. The molecule has 0 fully saturated rings. The van der Waals surface area contributed by atoms with E-state index in [1.54, 1.807) is 19.2 Å². The van der Waals surface area contributed by atoms with Crippen molar-refractivity contribution < 1.29 is 19.8 Å². The first-order valence-electron chi connectivity index (χ1n) is 7.98. The number of aromatic nitrogens is 2. The van der Waals surface area contributed by atoms with Gasteiger partial charge in [0.05, 0.1) is 11.3 Å². The minimum absolute atomic E-state index is 0.0915. The normalized spacial score (nSPS) is 10.6. The van der Waals surface area contributed by atoms with Crippen LogP contribution in [0.5, 0.6) is 5.75 Å². The van der Waals surface area contributed by atoms with Gasteiger partial charge in [0.15, 0.2) is 0 Å². The van der Waals surface area contributed by atoms with Crippen molar-refractivity contribution in [2.24, 2.45) is 7.05 Å². The molecule has 0 saturated heterocycles. The molecule has 0 unspecified atom stereocenters. The van der Waals surface area contributed by atoms with Gasteiger partial charge in [0, 0.05) is 23.6 Å². The van der Waals surface area contributed by atoms with Gasteiger partial charge in [-0.25, -0.2) is 4.79 Å². The molecule has 138 valence electrons. The number of carbonyl (C=O) groups excluding carboxylic acids is 1. The van der Waals surface area contributed by atoms with E-state index in [4.69, 9.17) is 5.11 Å². The second-order valence-corrected chi connectivity index (χ2v) is 6.80. The number of hydrogen-bond donors (Lipinski definition) is 3. The highest BCUT2D eigenvalue weighted by Gasteiger charge is 2.14. The molecule has 1 amide bonds. The quantitative estimate of drug-likeness (QED) is 0.577. The Bertz CT molecular complexity index is 1030. The van der Waals surface area contributed by atoms with Crippen LogP contribution in [0.2, 0.25) is 0 Å². The van der Waals surface area contributed by atoms with Gasteiger partial charge in [-0.15, -0.1) is 0 Å². The fourth-order valence-electron chi connectivity index (χ4n) is 2.62. The molecule has 1 aromatic heterocycles. The number of amides is 1. The van der Waals surface area contributed by atoms with Crippen molar-refractivity contribution in [3.8, 4) is 17.0 Å². The maximum atomic E-state index is 12.3. The Morgan fingerprint density at radius 2 is 1.96 bits per heavy atom. The number of benzene rings is 2. The molecule has 0 aliphatic rings. The molecule has 0 saturated carbocycles. The van der Waals surface area contributed by atoms with E-state index < -0.39 is 11.9 Å². The Balaban J connectivity index is 1.76. The van der Waals surface area contributed by atoms with Crippen LogP contribution in [0, 0.1) is 0 Å². The molecule has 0 aliphatic heterocycles. The maximum absolute atomic E-state index is 12.3. The van der Waals surface area contributed by atoms with E-state index in [0.29, 0.717) is 10.2 Å². The first kappa shape index (κ1) is 18.7. The lowest BCUT2D eigenvalue weighted by molar-refractivity contribution is 0.0684. The molecule has 8 heteroatoms. The summed E-state index contributed by atoms with van der Waals surface area (Å²) in [5.74, 6) is -1.54. The van der Waals surface area contributed by atoms with Gasteiger partial charge in [0.1, 0.15) is 11.4 Å². The van der Waals surface area contributed by atoms with Gasteiger partial charge < -0.3 is 15.5 Å². The summed E-state index contributed by atoms with van der Waals surface area (Å²) in [7, 11) is 1.57. The van der Waals surface area contributed by atoms with Gasteiger partial charge >= 0.3 is 5.97 Å². The topological polar surface area (TPSA) is 104 Å². The van der Waals surface area contributed by atoms with Crippen LogP contribution >= 0.6 is 15.9 Å². The van der Waals surface area contributed by atoms with Crippen molar-refractivity contribution in [3.63, 3.8) is 0 Å². The molecule has 3 aromatic rings. The fourth-order valence-corrected chi connectivity index (χ4v) is 2.98. The molecule has 7 nitrogen and oxygen atoms in total. The lowest BCUT2D eigenvalue weighted by atomic mass is 10.1. The van der Waals surface area contributed by atoms with E-state index in [2.05, 4.69) is 26.3 Å². The Kier molecular flexibility index (Phi) is 5.27. The fraction of sp³-hybridized carbons (Fsp3) is 0.105. The number of aromatic hydroxyl groups is 1. The smallest absolute Gasteiger partial charge is 0.354 e. The first-order chi connectivity index (χ1) is 12.8. The summed E-state index contributed by atoms with van der Waals surface area (Å²) < 4.78 is 2.00. The number of carboxylic acid groups (broad SMARTS) is 1. The van der Waals surface area contributed by atoms with Crippen LogP contribution in [0.15, 0.2) is 53.0 Å². The number of phenols is 1. The van der Waals surface area contributed by atoms with E-state index >= 15 is 0 Å². The molecule has 0 spiro atoms. The molecule has 0 atom stereocenters. The van der Waals surface area contributed by atoms with E-state index in [0.717, 1.165) is 11.1 Å². The number of nitrogens with zero attached hydrogens (tertiary/aromatic N) is 2. The minimum Gasteiger partial charge on any atom is -0.507 e. The van der Waals surface area contributed by atoms with Crippen LogP contribution in [-0.2, 0) is 13.6 Å². The van der Waals surface area contributed by atoms with Crippen LogP contribution < -0.4 is 5.32 Å². The minimum atomic E-state index is -1.05. The number of aryl methyl sites for hydroxylation is 1. The van der Waals surface area contributed by atoms with E-state index in [1.807, 2.05) is 24.3 Å². The summed E-state index contributed by atoms with van der Waals surface area (Å²) in [6, 6.07) is 13.4. The Labute approximate surface area is 163 Å². The third-order valence-electron chi connectivity index (χ3n) is 3.98. The van der Waals surface area contributed by atoms with Crippen LogP contribution in [0.25, 0.3) is 11.3 Å². The van der Waals surface area contributed by atoms with Crippen LogP contribution in [0.1, 0.15) is 26.4 Å². The second kappa shape index (κ2) is 7.63. The predicted molar refractivity (Wildman–Crippen MR) is 103 cm³/mol. The number of hydrogen-bond acceptors (Lipinski definition) is 4. The highest BCUT2D eigenvalue weighted by Crippen LogP contribution is 2.23. The average molecular weight is 430 g/mol. The van der Waals surface area contributed by atoms with Gasteiger partial charge in [-0.3, -0.25) is 9.48 Å². The summed E-state index contributed by atoms with van der Waals surface area (Å²) in [6.07, 6.45) is 0. The average Bonchev–Trinajstić information content (AvgIpc) is 3.04. The highest BCUT2D eigenvalue weighted by molar-refractivity contribution is 9.10.